The molecule has 4 heteroatoms. The number of ether oxygens (including phenoxy) is 1. The zero-order valence-electron chi connectivity index (χ0n) is 13.5. The van der Waals surface area contributed by atoms with Crippen LogP contribution in [0, 0.1) is 0 Å². The Kier molecular flexibility index (Phi) is 3.20. The van der Waals surface area contributed by atoms with Crippen molar-refractivity contribution in [1.82, 2.24) is 4.98 Å². The molecule has 0 unspecified atom stereocenters. The molecule has 0 saturated carbocycles. The van der Waals surface area contributed by atoms with Gasteiger partial charge in [-0.1, -0.05) is 0 Å². The van der Waals surface area contributed by atoms with E-state index in [-0.39, 0.29) is 11.4 Å². The van der Waals surface area contributed by atoms with E-state index in [1.165, 1.54) is 6.08 Å². The third-order valence-electron chi connectivity index (χ3n) is 3.99. The van der Waals surface area contributed by atoms with Crippen LogP contribution in [0.15, 0.2) is 53.1 Å². The summed E-state index contributed by atoms with van der Waals surface area (Å²) in [6, 6.07) is 9.37. The summed E-state index contributed by atoms with van der Waals surface area (Å²) in [4.78, 5) is 15.4. The molecule has 3 heterocycles. The van der Waals surface area contributed by atoms with Gasteiger partial charge >= 0.3 is 0 Å². The van der Waals surface area contributed by atoms with Gasteiger partial charge in [-0.2, -0.15) is 0 Å². The number of rotatable bonds is 3. The molecule has 1 aliphatic rings. The van der Waals surface area contributed by atoms with E-state index >= 15 is 0 Å². The lowest BCUT2D eigenvalue weighted by molar-refractivity contribution is 0.102. The average Bonchev–Trinajstić information content (AvgIpc) is 3.20. The summed E-state index contributed by atoms with van der Waals surface area (Å²) < 4.78 is 11.8. The molecule has 0 bridgehead atoms. The quantitative estimate of drug-likeness (QED) is 0.555. The number of ketones is 1. The van der Waals surface area contributed by atoms with Crippen LogP contribution in [-0.2, 0) is 0 Å². The summed E-state index contributed by atoms with van der Waals surface area (Å²) >= 11 is 0. The number of H-pyrrole nitrogens is 1. The highest BCUT2D eigenvalue weighted by Crippen LogP contribution is 2.37. The highest BCUT2D eigenvalue weighted by atomic mass is 16.5. The SMILES string of the molecule is CC1(C)C=Cc2c(ccc3cc(C(=O)/C=C/c4ccc[nH]4)oc23)O1. The van der Waals surface area contributed by atoms with Crippen LogP contribution in [-0.4, -0.2) is 16.4 Å². The number of benzene rings is 1. The molecule has 0 radical (unpaired) electrons. The maximum absolute atomic E-state index is 12.3. The first-order chi connectivity index (χ1) is 11.5. The van der Waals surface area contributed by atoms with E-state index in [0.29, 0.717) is 11.3 Å². The molecule has 120 valence electrons. The van der Waals surface area contributed by atoms with Crippen molar-refractivity contribution in [2.24, 2.45) is 0 Å². The Labute approximate surface area is 139 Å². The first-order valence-electron chi connectivity index (χ1n) is 7.82. The monoisotopic (exact) mass is 319 g/mol. The van der Waals surface area contributed by atoms with E-state index in [1.54, 1.807) is 12.1 Å². The topological polar surface area (TPSA) is 55.2 Å². The Morgan fingerprint density at radius 1 is 1.25 bits per heavy atom. The summed E-state index contributed by atoms with van der Waals surface area (Å²) in [5, 5.41) is 0.887. The highest BCUT2D eigenvalue weighted by molar-refractivity contribution is 6.07. The lowest BCUT2D eigenvalue weighted by atomic mass is 10.0. The fourth-order valence-electron chi connectivity index (χ4n) is 2.77. The first kappa shape index (κ1) is 14.6. The predicted molar refractivity (Wildman–Crippen MR) is 94.1 cm³/mol. The molecule has 1 N–H and O–H groups in total. The Hall–Kier alpha value is -3.01. The summed E-state index contributed by atoms with van der Waals surface area (Å²) in [6.07, 6.45) is 9.03. The highest BCUT2D eigenvalue weighted by Gasteiger charge is 2.24. The van der Waals surface area contributed by atoms with Gasteiger partial charge in [-0.3, -0.25) is 4.79 Å². The summed E-state index contributed by atoms with van der Waals surface area (Å²) in [5.41, 5.74) is 2.08. The Morgan fingerprint density at radius 2 is 2.12 bits per heavy atom. The van der Waals surface area contributed by atoms with Crippen molar-refractivity contribution in [1.29, 1.82) is 0 Å². The molecule has 0 spiro atoms. The minimum absolute atomic E-state index is 0.171. The lowest BCUT2D eigenvalue weighted by Gasteiger charge is -2.27. The van der Waals surface area contributed by atoms with Gasteiger partial charge in [0, 0.05) is 17.3 Å². The molecule has 4 nitrogen and oxygen atoms in total. The Balaban J connectivity index is 1.70. The average molecular weight is 319 g/mol. The number of furan rings is 1. The summed E-state index contributed by atoms with van der Waals surface area (Å²) in [5.74, 6) is 0.917. The fraction of sp³-hybridized carbons (Fsp3) is 0.150. The molecule has 3 aromatic rings. The van der Waals surface area contributed by atoms with Crippen LogP contribution in [0.3, 0.4) is 0 Å². The van der Waals surface area contributed by atoms with E-state index < -0.39 is 0 Å². The number of allylic oxidation sites excluding steroid dienone is 1. The largest absolute Gasteiger partial charge is 0.483 e. The molecule has 1 aromatic carbocycles. The summed E-state index contributed by atoms with van der Waals surface area (Å²) in [6.45, 7) is 4.00. The second-order valence-electron chi connectivity index (χ2n) is 6.37. The van der Waals surface area contributed by atoms with Gasteiger partial charge in [0.25, 0.3) is 0 Å². The van der Waals surface area contributed by atoms with Crippen LogP contribution in [0.4, 0.5) is 0 Å². The minimum atomic E-state index is -0.343. The van der Waals surface area contributed by atoms with Crippen molar-refractivity contribution in [2.45, 2.75) is 19.4 Å². The second kappa shape index (κ2) is 5.27. The Bertz CT molecular complexity index is 972. The van der Waals surface area contributed by atoms with E-state index in [0.717, 1.165) is 22.4 Å². The van der Waals surface area contributed by atoms with E-state index in [1.807, 2.05) is 56.5 Å². The fourth-order valence-corrected chi connectivity index (χ4v) is 2.77. The van der Waals surface area contributed by atoms with Gasteiger partial charge in [0.2, 0.25) is 5.78 Å². The standard InChI is InChI=1S/C20H17NO3/c1-20(2)10-9-15-17(24-20)8-5-13-12-18(23-19(13)15)16(22)7-6-14-4-3-11-21-14/h3-12,21H,1-2H3/b7-6+. The molecule has 1 aliphatic heterocycles. The normalized spacial score (nSPS) is 15.6. The molecular formula is C20H17NO3. The zero-order chi connectivity index (χ0) is 16.7. The van der Waals surface area contributed by atoms with E-state index in [2.05, 4.69) is 4.98 Å². The second-order valence-corrected chi connectivity index (χ2v) is 6.37. The van der Waals surface area contributed by atoms with Crippen molar-refractivity contribution in [2.75, 3.05) is 0 Å². The molecule has 2 aromatic heterocycles. The van der Waals surface area contributed by atoms with Crippen LogP contribution < -0.4 is 4.74 Å². The molecule has 24 heavy (non-hydrogen) atoms. The molecule has 0 amide bonds. The van der Waals surface area contributed by atoms with Gasteiger partial charge in [-0.05, 0) is 68.5 Å². The minimum Gasteiger partial charge on any atom is -0.483 e. The van der Waals surface area contributed by atoms with Gasteiger partial charge in [0.05, 0.1) is 5.56 Å². The van der Waals surface area contributed by atoms with Gasteiger partial charge in [-0.15, -0.1) is 0 Å². The molecule has 0 aliphatic carbocycles. The van der Waals surface area contributed by atoms with Crippen molar-refractivity contribution < 1.29 is 13.9 Å². The number of nitrogens with one attached hydrogen (secondary N) is 1. The van der Waals surface area contributed by atoms with Crippen molar-refractivity contribution in [3.8, 4) is 5.75 Å². The molecule has 0 atom stereocenters. The van der Waals surface area contributed by atoms with Crippen LogP contribution >= 0.6 is 0 Å². The van der Waals surface area contributed by atoms with Crippen molar-refractivity contribution in [3.63, 3.8) is 0 Å². The number of aromatic amines is 1. The maximum Gasteiger partial charge on any atom is 0.221 e. The first-order valence-corrected chi connectivity index (χ1v) is 7.82. The number of hydrogen-bond acceptors (Lipinski definition) is 3. The Morgan fingerprint density at radius 3 is 2.92 bits per heavy atom. The van der Waals surface area contributed by atoms with Crippen molar-refractivity contribution in [3.05, 3.63) is 65.7 Å². The number of fused-ring (bicyclic) bond motifs is 3. The van der Waals surface area contributed by atoms with Crippen LogP contribution in [0.25, 0.3) is 23.1 Å². The van der Waals surface area contributed by atoms with Gasteiger partial charge in [0.1, 0.15) is 16.9 Å². The zero-order valence-corrected chi connectivity index (χ0v) is 13.5. The van der Waals surface area contributed by atoms with Gasteiger partial charge in [-0.25, -0.2) is 0 Å². The molecule has 0 saturated heterocycles. The lowest BCUT2D eigenvalue weighted by Crippen LogP contribution is -2.27. The van der Waals surface area contributed by atoms with Crippen LogP contribution in [0.5, 0.6) is 5.75 Å². The molecular weight excluding hydrogens is 302 g/mol. The maximum atomic E-state index is 12.3. The van der Waals surface area contributed by atoms with Gasteiger partial charge in [0.15, 0.2) is 5.76 Å². The van der Waals surface area contributed by atoms with E-state index in [4.69, 9.17) is 9.15 Å². The van der Waals surface area contributed by atoms with E-state index in [9.17, 15) is 4.79 Å². The molecule has 0 fully saturated rings. The number of carbonyl (C=O) groups excluding carboxylic acids is 1. The van der Waals surface area contributed by atoms with Crippen LogP contribution in [0.2, 0.25) is 0 Å². The predicted octanol–water partition coefficient (Wildman–Crippen LogP) is 4.84. The number of hydrogen-bond donors (Lipinski definition) is 1. The number of carbonyl (C=O) groups is 1. The van der Waals surface area contributed by atoms with Crippen molar-refractivity contribution >= 4 is 28.9 Å². The van der Waals surface area contributed by atoms with Gasteiger partial charge < -0.3 is 14.1 Å². The third kappa shape index (κ3) is 2.56. The molecule has 4 rings (SSSR count). The van der Waals surface area contributed by atoms with Crippen LogP contribution in [0.1, 0.15) is 35.7 Å². The smallest absolute Gasteiger partial charge is 0.221 e. The summed E-state index contributed by atoms with van der Waals surface area (Å²) in [7, 11) is 0. The number of aromatic nitrogens is 1. The third-order valence-corrected chi connectivity index (χ3v) is 3.99.